The van der Waals surface area contributed by atoms with Crippen LogP contribution >= 0.6 is 0 Å². The SMILES string of the molecule is O=C(CC1CCCCC1)Nc1ccc(OCCN2CCOCC2)nc1. The van der Waals surface area contributed by atoms with E-state index in [-0.39, 0.29) is 5.91 Å². The van der Waals surface area contributed by atoms with E-state index in [9.17, 15) is 4.79 Å². The Balaban J connectivity index is 1.36. The zero-order chi connectivity index (χ0) is 17.3. The second-order valence-corrected chi connectivity index (χ2v) is 6.94. The number of hydrogen-bond donors (Lipinski definition) is 1. The third-order valence-electron chi connectivity index (χ3n) is 4.98. The highest BCUT2D eigenvalue weighted by Gasteiger charge is 2.17. The molecule has 6 nitrogen and oxygen atoms in total. The fourth-order valence-electron chi connectivity index (χ4n) is 3.51. The zero-order valence-electron chi connectivity index (χ0n) is 14.9. The van der Waals surface area contributed by atoms with Crippen LogP contribution < -0.4 is 10.1 Å². The molecule has 0 bridgehead atoms. The molecule has 1 aliphatic carbocycles. The Morgan fingerprint density at radius 3 is 2.76 bits per heavy atom. The van der Waals surface area contributed by atoms with Gasteiger partial charge in [0.25, 0.3) is 0 Å². The molecule has 1 N–H and O–H groups in total. The average Bonchev–Trinajstić information content (AvgIpc) is 2.65. The molecule has 2 heterocycles. The van der Waals surface area contributed by atoms with Gasteiger partial charge in [0.2, 0.25) is 11.8 Å². The molecule has 0 radical (unpaired) electrons. The number of hydrogen-bond acceptors (Lipinski definition) is 5. The normalized spacial score (nSPS) is 19.5. The third kappa shape index (κ3) is 6.29. The van der Waals surface area contributed by atoms with Gasteiger partial charge in [-0.15, -0.1) is 0 Å². The molecule has 2 fully saturated rings. The first-order valence-corrected chi connectivity index (χ1v) is 9.48. The molecule has 25 heavy (non-hydrogen) atoms. The number of pyridine rings is 1. The summed E-state index contributed by atoms with van der Waals surface area (Å²) >= 11 is 0. The summed E-state index contributed by atoms with van der Waals surface area (Å²) in [5.41, 5.74) is 0.737. The van der Waals surface area contributed by atoms with Gasteiger partial charge in [0.1, 0.15) is 6.61 Å². The van der Waals surface area contributed by atoms with Gasteiger partial charge in [-0.3, -0.25) is 9.69 Å². The number of amides is 1. The molecular weight excluding hydrogens is 318 g/mol. The molecule has 1 saturated carbocycles. The van der Waals surface area contributed by atoms with E-state index in [4.69, 9.17) is 9.47 Å². The summed E-state index contributed by atoms with van der Waals surface area (Å²) in [7, 11) is 0. The predicted octanol–water partition coefficient (Wildman–Crippen LogP) is 2.70. The third-order valence-corrected chi connectivity index (χ3v) is 4.98. The number of morpholine rings is 1. The maximum absolute atomic E-state index is 12.1. The highest BCUT2D eigenvalue weighted by Crippen LogP contribution is 2.26. The number of aromatic nitrogens is 1. The first kappa shape index (κ1) is 18.1. The maximum Gasteiger partial charge on any atom is 0.224 e. The van der Waals surface area contributed by atoms with Gasteiger partial charge < -0.3 is 14.8 Å². The zero-order valence-corrected chi connectivity index (χ0v) is 14.9. The number of nitrogens with one attached hydrogen (secondary N) is 1. The van der Waals surface area contributed by atoms with Crippen LogP contribution in [-0.2, 0) is 9.53 Å². The molecule has 138 valence electrons. The lowest BCUT2D eigenvalue weighted by Crippen LogP contribution is -2.38. The van der Waals surface area contributed by atoms with Gasteiger partial charge in [-0.05, 0) is 24.8 Å². The predicted molar refractivity (Wildman–Crippen MR) is 96.8 cm³/mol. The van der Waals surface area contributed by atoms with Crippen molar-refractivity contribution in [2.45, 2.75) is 38.5 Å². The molecule has 1 aliphatic heterocycles. The van der Waals surface area contributed by atoms with Gasteiger partial charge in [0, 0.05) is 32.1 Å². The molecule has 0 unspecified atom stereocenters. The molecule has 6 heteroatoms. The molecular formula is C19H29N3O3. The molecule has 0 spiro atoms. The van der Waals surface area contributed by atoms with Gasteiger partial charge in [-0.1, -0.05) is 19.3 Å². The molecule has 1 aromatic heterocycles. The number of rotatable bonds is 7. The van der Waals surface area contributed by atoms with Crippen LogP contribution in [0.25, 0.3) is 0 Å². The number of carbonyl (C=O) groups excluding carboxylic acids is 1. The highest BCUT2D eigenvalue weighted by atomic mass is 16.5. The van der Waals surface area contributed by atoms with Crippen molar-refractivity contribution in [3.63, 3.8) is 0 Å². The second-order valence-electron chi connectivity index (χ2n) is 6.94. The van der Waals surface area contributed by atoms with Crippen LogP contribution in [0.4, 0.5) is 5.69 Å². The largest absolute Gasteiger partial charge is 0.476 e. The van der Waals surface area contributed by atoms with Crippen LogP contribution in [0.15, 0.2) is 18.3 Å². The van der Waals surface area contributed by atoms with Crippen molar-refractivity contribution >= 4 is 11.6 Å². The minimum absolute atomic E-state index is 0.0923. The van der Waals surface area contributed by atoms with E-state index in [0.717, 1.165) is 38.5 Å². The molecule has 0 aromatic carbocycles. The van der Waals surface area contributed by atoms with Crippen LogP contribution in [0.1, 0.15) is 38.5 Å². The number of anilines is 1. The molecule has 2 aliphatic rings. The summed E-state index contributed by atoms with van der Waals surface area (Å²) in [5, 5.41) is 2.95. The second kappa shape index (κ2) is 9.73. The Morgan fingerprint density at radius 1 is 1.24 bits per heavy atom. The van der Waals surface area contributed by atoms with Crippen molar-refractivity contribution < 1.29 is 14.3 Å². The topological polar surface area (TPSA) is 63.7 Å². The van der Waals surface area contributed by atoms with Gasteiger partial charge in [0.05, 0.1) is 25.1 Å². The Morgan fingerprint density at radius 2 is 2.04 bits per heavy atom. The Kier molecular flexibility index (Phi) is 7.06. The van der Waals surface area contributed by atoms with E-state index in [1.165, 1.54) is 32.1 Å². The Labute approximate surface area is 149 Å². The smallest absolute Gasteiger partial charge is 0.224 e. The van der Waals surface area contributed by atoms with Crippen LogP contribution in [0.3, 0.4) is 0 Å². The van der Waals surface area contributed by atoms with Gasteiger partial charge in [-0.25, -0.2) is 4.98 Å². The summed E-state index contributed by atoms with van der Waals surface area (Å²) in [6, 6.07) is 3.67. The Bertz CT molecular complexity index is 523. The van der Waals surface area contributed by atoms with Crippen LogP contribution in [0.5, 0.6) is 5.88 Å². The van der Waals surface area contributed by atoms with Crippen LogP contribution in [-0.4, -0.2) is 55.2 Å². The van der Waals surface area contributed by atoms with E-state index in [1.54, 1.807) is 6.20 Å². The average molecular weight is 347 g/mol. The van der Waals surface area contributed by atoms with E-state index >= 15 is 0 Å². The van der Waals surface area contributed by atoms with Crippen molar-refractivity contribution in [3.05, 3.63) is 18.3 Å². The van der Waals surface area contributed by atoms with Crippen molar-refractivity contribution in [2.75, 3.05) is 44.8 Å². The van der Waals surface area contributed by atoms with Gasteiger partial charge >= 0.3 is 0 Å². The monoisotopic (exact) mass is 347 g/mol. The minimum atomic E-state index is 0.0923. The lowest BCUT2D eigenvalue weighted by Gasteiger charge is -2.26. The van der Waals surface area contributed by atoms with Crippen molar-refractivity contribution in [2.24, 2.45) is 5.92 Å². The van der Waals surface area contributed by atoms with E-state index < -0.39 is 0 Å². The fourth-order valence-corrected chi connectivity index (χ4v) is 3.51. The van der Waals surface area contributed by atoms with Gasteiger partial charge in [-0.2, -0.15) is 0 Å². The molecule has 1 aromatic rings. The quantitative estimate of drug-likeness (QED) is 0.822. The molecule has 1 saturated heterocycles. The maximum atomic E-state index is 12.1. The lowest BCUT2D eigenvalue weighted by molar-refractivity contribution is -0.117. The number of ether oxygens (including phenoxy) is 2. The molecule has 0 atom stereocenters. The lowest BCUT2D eigenvalue weighted by atomic mass is 9.87. The molecule has 1 amide bonds. The summed E-state index contributed by atoms with van der Waals surface area (Å²) in [4.78, 5) is 18.7. The highest BCUT2D eigenvalue weighted by molar-refractivity contribution is 5.90. The number of carbonyl (C=O) groups is 1. The summed E-state index contributed by atoms with van der Waals surface area (Å²) in [6.07, 6.45) is 8.49. The summed E-state index contributed by atoms with van der Waals surface area (Å²) in [5.74, 6) is 1.23. The van der Waals surface area contributed by atoms with Gasteiger partial charge in [0.15, 0.2) is 0 Å². The first-order valence-electron chi connectivity index (χ1n) is 9.48. The van der Waals surface area contributed by atoms with E-state index in [2.05, 4.69) is 15.2 Å². The first-order chi connectivity index (χ1) is 12.3. The van der Waals surface area contributed by atoms with Crippen molar-refractivity contribution in [1.82, 2.24) is 9.88 Å². The van der Waals surface area contributed by atoms with E-state index in [1.807, 2.05) is 12.1 Å². The summed E-state index contributed by atoms with van der Waals surface area (Å²) in [6.45, 7) is 5.01. The van der Waals surface area contributed by atoms with E-state index in [0.29, 0.717) is 24.8 Å². The van der Waals surface area contributed by atoms with Crippen LogP contribution in [0, 0.1) is 5.92 Å². The van der Waals surface area contributed by atoms with Crippen molar-refractivity contribution in [3.8, 4) is 5.88 Å². The fraction of sp³-hybridized carbons (Fsp3) is 0.684. The van der Waals surface area contributed by atoms with Crippen LogP contribution in [0.2, 0.25) is 0 Å². The molecule has 3 rings (SSSR count). The standard InChI is InChI=1S/C19H29N3O3/c23-18(14-16-4-2-1-3-5-16)21-17-6-7-19(20-15-17)25-13-10-22-8-11-24-12-9-22/h6-7,15-16H,1-5,8-14H2,(H,21,23). The Hall–Kier alpha value is -1.66. The van der Waals surface area contributed by atoms with Crippen molar-refractivity contribution in [1.29, 1.82) is 0 Å². The summed E-state index contributed by atoms with van der Waals surface area (Å²) < 4.78 is 11.0. The minimum Gasteiger partial charge on any atom is -0.476 e. The number of nitrogens with zero attached hydrogens (tertiary/aromatic N) is 2.